The van der Waals surface area contributed by atoms with Gasteiger partial charge in [-0.25, -0.2) is 4.39 Å². The molecule has 4 heteroatoms. The first-order chi connectivity index (χ1) is 8.63. The molecule has 0 aromatic heterocycles. The Balaban J connectivity index is 2.22. The van der Waals surface area contributed by atoms with Crippen LogP contribution in [-0.2, 0) is 6.54 Å². The maximum Gasteiger partial charge on any atom is 0.129 e. The van der Waals surface area contributed by atoms with Gasteiger partial charge in [-0.2, -0.15) is 0 Å². The zero-order valence-electron chi connectivity index (χ0n) is 11.2. The van der Waals surface area contributed by atoms with Crippen LogP contribution in [0.2, 0.25) is 0 Å². The highest BCUT2D eigenvalue weighted by Crippen LogP contribution is 2.26. The molecule has 1 fully saturated rings. The summed E-state index contributed by atoms with van der Waals surface area (Å²) in [5.74, 6) is -0.203. The van der Waals surface area contributed by atoms with Gasteiger partial charge >= 0.3 is 0 Å². The summed E-state index contributed by atoms with van der Waals surface area (Å²) in [6.07, 6.45) is 2.35. The van der Waals surface area contributed by atoms with Crippen molar-refractivity contribution < 1.29 is 4.39 Å². The summed E-state index contributed by atoms with van der Waals surface area (Å²) in [6, 6.07) is 5.63. The molecule has 1 aromatic rings. The lowest BCUT2D eigenvalue weighted by atomic mass is 10.0. The minimum atomic E-state index is -0.203. The van der Waals surface area contributed by atoms with E-state index < -0.39 is 0 Å². The van der Waals surface area contributed by atoms with Crippen molar-refractivity contribution in [2.24, 2.45) is 5.73 Å². The fraction of sp³-hybridized carbons (Fsp3) is 0.571. The summed E-state index contributed by atoms with van der Waals surface area (Å²) in [6.45, 7) is 2.42. The number of hydrogen-bond donors (Lipinski definition) is 1. The SMILES string of the molecule is CN1CCCC(N(C)c2cccc(F)c2CN)C1. The molecule has 18 heavy (non-hydrogen) atoms. The van der Waals surface area contributed by atoms with Crippen LogP contribution in [0.15, 0.2) is 18.2 Å². The lowest BCUT2D eigenvalue weighted by Gasteiger charge is -2.38. The molecule has 1 heterocycles. The highest BCUT2D eigenvalue weighted by Gasteiger charge is 2.23. The molecule has 2 N–H and O–H groups in total. The fourth-order valence-corrected chi connectivity index (χ4v) is 2.73. The van der Waals surface area contributed by atoms with Gasteiger partial charge in [0.2, 0.25) is 0 Å². The molecule has 0 radical (unpaired) electrons. The van der Waals surface area contributed by atoms with E-state index in [0.29, 0.717) is 11.6 Å². The molecule has 0 amide bonds. The molecule has 2 rings (SSSR count). The number of anilines is 1. The van der Waals surface area contributed by atoms with Crippen molar-refractivity contribution in [2.75, 3.05) is 32.1 Å². The van der Waals surface area contributed by atoms with E-state index in [1.807, 2.05) is 13.1 Å². The van der Waals surface area contributed by atoms with E-state index in [2.05, 4.69) is 16.8 Å². The summed E-state index contributed by atoms with van der Waals surface area (Å²) < 4.78 is 13.7. The Kier molecular flexibility index (Phi) is 4.19. The van der Waals surface area contributed by atoms with Crippen LogP contribution in [0, 0.1) is 5.82 Å². The highest BCUT2D eigenvalue weighted by atomic mass is 19.1. The number of hydrogen-bond acceptors (Lipinski definition) is 3. The van der Waals surface area contributed by atoms with Gasteiger partial charge in [0.15, 0.2) is 0 Å². The summed E-state index contributed by atoms with van der Waals surface area (Å²) in [5.41, 5.74) is 7.22. The minimum Gasteiger partial charge on any atom is -0.370 e. The summed E-state index contributed by atoms with van der Waals surface area (Å²) >= 11 is 0. The van der Waals surface area contributed by atoms with Crippen LogP contribution in [0.1, 0.15) is 18.4 Å². The predicted molar refractivity (Wildman–Crippen MR) is 73.2 cm³/mol. The summed E-state index contributed by atoms with van der Waals surface area (Å²) in [4.78, 5) is 4.51. The van der Waals surface area contributed by atoms with E-state index in [-0.39, 0.29) is 12.4 Å². The molecule has 1 atom stereocenters. The van der Waals surface area contributed by atoms with Crippen molar-refractivity contribution in [1.29, 1.82) is 0 Å². The minimum absolute atomic E-state index is 0.203. The predicted octanol–water partition coefficient (Wildman–Crippen LogP) is 1.81. The number of nitrogens with two attached hydrogens (primary N) is 1. The van der Waals surface area contributed by atoms with E-state index >= 15 is 0 Å². The van der Waals surface area contributed by atoms with E-state index in [1.54, 1.807) is 6.07 Å². The zero-order chi connectivity index (χ0) is 13.1. The topological polar surface area (TPSA) is 32.5 Å². The van der Waals surface area contributed by atoms with Crippen LogP contribution in [0.5, 0.6) is 0 Å². The molecule has 1 saturated heterocycles. The van der Waals surface area contributed by atoms with Crippen molar-refractivity contribution in [3.8, 4) is 0 Å². The maximum absolute atomic E-state index is 13.7. The first kappa shape index (κ1) is 13.3. The van der Waals surface area contributed by atoms with E-state index in [1.165, 1.54) is 12.5 Å². The van der Waals surface area contributed by atoms with Crippen molar-refractivity contribution >= 4 is 5.69 Å². The van der Waals surface area contributed by atoms with Gasteiger partial charge < -0.3 is 15.5 Å². The van der Waals surface area contributed by atoms with E-state index in [9.17, 15) is 4.39 Å². The van der Waals surface area contributed by atoms with Gasteiger partial charge in [0.1, 0.15) is 5.82 Å². The van der Waals surface area contributed by atoms with Gasteiger partial charge in [-0.1, -0.05) is 6.07 Å². The van der Waals surface area contributed by atoms with Gasteiger partial charge in [0, 0.05) is 37.4 Å². The molecule has 1 unspecified atom stereocenters. The molecule has 1 aliphatic rings. The first-order valence-electron chi connectivity index (χ1n) is 6.52. The van der Waals surface area contributed by atoms with Crippen LogP contribution in [-0.4, -0.2) is 38.1 Å². The number of nitrogens with zero attached hydrogens (tertiary/aromatic N) is 2. The Morgan fingerprint density at radius 3 is 2.94 bits per heavy atom. The van der Waals surface area contributed by atoms with Crippen molar-refractivity contribution in [3.63, 3.8) is 0 Å². The van der Waals surface area contributed by atoms with Crippen LogP contribution < -0.4 is 10.6 Å². The number of rotatable bonds is 3. The van der Waals surface area contributed by atoms with Gasteiger partial charge in [0.25, 0.3) is 0 Å². The molecular formula is C14H22FN3. The molecule has 0 bridgehead atoms. The van der Waals surface area contributed by atoms with Crippen LogP contribution >= 0.6 is 0 Å². The number of likely N-dealkylation sites (N-methyl/N-ethyl adjacent to an activating group) is 2. The standard InChI is InChI=1S/C14H22FN3/c1-17-8-4-5-11(10-17)18(2)14-7-3-6-13(15)12(14)9-16/h3,6-7,11H,4-5,8-10,16H2,1-2H3. The quantitative estimate of drug-likeness (QED) is 0.889. The van der Waals surface area contributed by atoms with Gasteiger partial charge in [-0.05, 0) is 38.6 Å². The second-order valence-electron chi connectivity index (χ2n) is 5.11. The smallest absolute Gasteiger partial charge is 0.129 e. The highest BCUT2D eigenvalue weighted by molar-refractivity contribution is 5.54. The molecule has 0 saturated carbocycles. The summed E-state index contributed by atoms with van der Waals surface area (Å²) in [7, 11) is 4.17. The summed E-state index contributed by atoms with van der Waals surface area (Å²) in [5, 5.41) is 0. The lowest BCUT2D eigenvalue weighted by molar-refractivity contribution is 0.248. The number of likely N-dealkylation sites (tertiary alicyclic amines) is 1. The van der Waals surface area contributed by atoms with Crippen LogP contribution in [0.25, 0.3) is 0 Å². The Bertz CT molecular complexity index is 408. The van der Waals surface area contributed by atoms with E-state index in [0.717, 1.165) is 25.2 Å². The molecule has 0 aliphatic carbocycles. The molecule has 3 nitrogen and oxygen atoms in total. The maximum atomic E-state index is 13.7. The van der Waals surface area contributed by atoms with Gasteiger partial charge in [-0.3, -0.25) is 0 Å². The lowest BCUT2D eigenvalue weighted by Crippen LogP contribution is -2.45. The van der Waals surface area contributed by atoms with Gasteiger partial charge in [-0.15, -0.1) is 0 Å². The van der Waals surface area contributed by atoms with Gasteiger partial charge in [0.05, 0.1) is 0 Å². The molecule has 1 aromatic carbocycles. The molecule has 100 valence electrons. The van der Waals surface area contributed by atoms with Crippen molar-refractivity contribution in [1.82, 2.24) is 4.90 Å². The third-order valence-electron chi connectivity index (χ3n) is 3.83. The molecule has 0 spiro atoms. The molecule has 1 aliphatic heterocycles. The second kappa shape index (κ2) is 5.67. The van der Waals surface area contributed by atoms with Crippen molar-refractivity contribution in [3.05, 3.63) is 29.6 Å². The normalized spacial score (nSPS) is 21.0. The number of halogens is 1. The Morgan fingerprint density at radius 1 is 1.50 bits per heavy atom. The van der Waals surface area contributed by atoms with Crippen molar-refractivity contribution in [2.45, 2.75) is 25.4 Å². The Labute approximate surface area is 108 Å². The fourth-order valence-electron chi connectivity index (χ4n) is 2.73. The third-order valence-corrected chi connectivity index (χ3v) is 3.83. The molecular weight excluding hydrogens is 229 g/mol. The van der Waals surface area contributed by atoms with Crippen LogP contribution in [0.3, 0.4) is 0 Å². The third kappa shape index (κ3) is 2.65. The average molecular weight is 251 g/mol. The average Bonchev–Trinajstić information content (AvgIpc) is 2.37. The first-order valence-corrected chi connectivity index (χ1v) is 6.52. The zero-order valence-corrected chi connectivity index (χ0v) is 11.2. The monoisotopic (exact) mass is 251 g/mol. The largest absolute Gasteiger partial charge is 0.370 e. The van der Waals surface area contributed by atoms with Crippen LogP contribution in [0.4, 0.5) is 10.1 Å². The Morgan fingerprint density at radius 2 is 2.28 bits per heavy atom. The number of benzene rings is 1. The Hall–Kier alpha value is -1.13. The van der Waals surface area contributed by atoms with E-state index in [4.69, 9.17) is 5.73 Å². The number of piperidine rings is 1. The second-order valence-corrected chi connectivity index (χ2v) is 5.11.